The standard InChI is InChI=1S/C8H12F2N4/c1-2-14-6(12-5-13-14)7(11)3-8(9,10)4-7/h5H,2-4,11H2,1H3. The molecule has 0 aliphatic heterocycles. The Balaban J connectivity index is 2.24. The molecule has 0 radical (unpaired) electrons. The molecule has 2 N–H and O–H groups in total. The molecule has 1 aromatic heterocycles. The summed E-state index contributed by atoms with van der Waals surface area (Å²) >= 11 is 0. The van der Waals surface area contributed by atoms with Crippen LogP contribution in [0, 0.1) is 0 Å². The van der Waals surface area contributed by atoms with Gasteiger partial charge in [-0.25, -0.2) is 18.4 Å². The maximum atomic E-state index is 12.7. The van der Waals surface area contributed by atoms with Crippen molar-refractivity contribution in [2.24, 2.45) is 5.73 Å². The lowest BCUT2D eigenvalue weighted by Crippen LogP contribution is -2.56. The van der Waals surface area contributed by atoms with Crippen LogP contribution in [0.3, 0.4) is 0 Å². The highest BCUT2D eigenvalue weighted by atomic mass is 19.3. The van der Waals surface area contributed by atoms with E-state index in [2.05, 4.69) is 10.1 Å². The van der Waals surface area contributed by atoms with Gasteiger partial charge in [-0.2, -0.15) is 5.10 Å². The molecule has 0 spiro atoms. The molecule has 1 saturated carbocycles. The van der Waals surface area contributed by atoms with Crippen LogP contribution >= 0.6 is 0 Å². The van der Waals surface area contributed by atoms with Gasteiger partial charge in [-0.1, -0.05) is 0 Å². The number of aryl methyl sites for hydroxylation is 1. The van der Waals surface area contributed by atoms with Gasteiger partial charge < -0.3 is 5.73 Å². The van der Waals surface area contributed by atoms with Gasteiger partial charge >= 0.3 is 0 Å². The average molecular weight is 202 g/mol. The molecular weight excluding hydrogens is 190 g/mol. The lowest BCUT2D eigenvalue weighted by Gasteiger charge is -2.43. The first kappa shape index (κ1) is 9.51. The van der Waals surface area contributed by atoms with Gasteiger partial charge in [0.15, 0.2) is 0 Å². The van der Waals surface area contributed by atoms with Crippen LogP contribution in [0.5, 0.6) is 0 Å². The molecule has 0 atom stereocenters. The highest BCUT2D eigenvalue weighted by molar-refractivity contribution is 5.15. The second-order valence-corrected chi connectivity index (χ2v) is 3.77. The summed E-state index contributed by atoms with van der Waals surface area (Å²) in [6.45, 7) is 2.47. The molecule has 1 aromatic rings. The van der Waals surface area contributed by atoms with Gasteiger partial charge in [0.2, 0.25) is 0 Å². The first-order valence-electron chi connectivity index (χ1n) is 4.52. The molecule has 78 valence electrons. The van der Waals surface area contributed by atoms with E-state index >= 15 is 0 Å². The Bertz CT molecular complexity index is 339. The lowest BCUT2D eigenvalue weighted by atomic mass is 9.73. The fraction of sp³-hybridized carbons (Fsp3) is 0.750. The molecule has 0 bridgehead atoms. The van der Waals surface area contributed by atoms with Crippen molar-refractivity contribution in [1.29, 1.82) is 0 Å². The van der Waals surface area contributed by atoms with Crippen molar-refractivity contribution in [2.45, 2.75) is 37.8 Å². The number of aromatic nitrogens is 3. The molecule has 1 heterocycles. The van der Waals surface area contributed by atoms with Gasteiger partial charge in [0, 0.05) is 19.4 Å². The summed E-state index contributed by atoms with van der Waals surface area (Å²) in [6, 6.07) is 0. The Labute approximate surface area is 80.1 Å². The highest BCUT2D eigenvalue weighted by Crippen LogP contribution is 2.49. The maximum Gasteiger partial charge on any atom is 0.252 e. The van der Waals surface area contributed by atoms with E-state index in [0.29, 0.717) is 12.4 Å². The van der Waals surface area contributed by atoms with Gasteiger partial charge in [0.1, 0.15) is 12.2 Å². The van der Waals surface area contributed by atoms with Crippen LogP contribution in [0.15, 0.2) is 6.33 Å². The van der Waals surface area contributed by atoms with E-state index in [9.17, 15) is 8.78 Å². The second kappa shape index (κ2) is 2.73. The van der Waals surface area contributed by atoms with Crippen molar-refractivity contribution in [3.63, 3.8) is 0 Å². The molecule has 2 rings (SSSR count). The van der Waals surface area contributed by atoms with Crippen molar-refractivity contribution in [3.8, 4) is 0 Å². The normalized spacial score (nSPS) is 23.1. The summed E-state index contributed by atoms with van der Waals surface area (Å²) in [7, 11) is 0. The quantitative estimate of drug-likeness (QED) is 0.774. The van der Waals surface area contributed by atoms with Gasteiger partial charge in [0.05, 0.1) is 5.54 Å². The first-order valence-corrected chi connectivity index (χ1v) is 4.52. The summed E-state index contributed by atoms with van der Waals surface area (Å²) in [5, 5.41) is 3.91. The third kappa shape index (κ3) is 1.30. The molecule has 1 aliphatic rings. The second-order valence-electron chi connectivity index (χ2n) is 3.77. The van der Waals surface area contributed by atoms with E-state index in [1.165, 1.54) is 6.33 Å². The average Bonchev–Trinajstić information content (AvgIpc) is 2.47. The van der Waals surface area contributed by atoms with Gasteiger partial charge in [-0.3, -0.25) is 0 Å². The Morgan fingerprint density at radius 1 is 1.57 bits per heavy atom. The van der Waals surface area contributed by atoms with Crippen LogP contribution in [-0.4, -0.2) is 20.7 Å². The van der Waals surface area contributed by atoms with Crippen LogP contribution in [0.2, 0.25) is 0 Å². The number of halogens is 2. The Kier molecular flexibility index (Phi) is 1.85. The van der Waals surface area contributed by atoms with E-state index in [0.717, 1.165) is 0 Å². The topological polar surface area (TPSA) is 56.7 Å². The molecule has 0 aromatic carbocycles. The third-order valence-corrected chi connectivity index (χ3v) is 2.51. The highest BCUT2D eigenvalue weighted by Gasteiger charge is 2.57. The molecule has 0 unspecified atom stereocenters. The smallest absolute Gasteiger partial charge is 0.252 e. The molecule has 4 nitrogen and oxygen atoms in total. The first-order chi connectivity index (χ1) is 6.47. The van der Waals surface area contributed by atoms with E-state index in [4.69, 9.17) is 5.73 Å². The van der Waals surface area contributed by atoms with Crippen molar-refractivity contribution < 1.29 is 8.78 Å². The largest absolute Gasteiger partial charge is 0.318 e. The Morgan fingerprint density at radius 2 is 2.21 bits per heavy atom. The zero-order chi connectivity index (χ0) is 10.4. The van der Waals surface area contributed by atoms with Crippen LogP contribution in [0.1, 0.15) is 25.6 Å². The third-order valence-electron chi connectivity index (χ3n) is 2.51. The molecule has 1 aliphatic carbocycles. The van der Waals surface area contributed by atoms with Crippen LogP contribution < -0.4 is 5.73 Å². The van der Waals surface area contributed by atoms with E-state index in [1.807, 2.05) is 6.92 Å². The number of hydrogen-bond acceptors (Lipinski definition) is 3. The zero-order valence-corrected chi connectivity index (χ0v) is 7.87. The lowest BCUT2D eigenvalue weighted by molar-refractivity contribution is -0.128. The van der Waals surface area contributed by atoms with Crippen molar-refractivity contribution in [3.05, 3.63) is 12.2 Å². The summed E-state index contributed by atoms with van der Waals surface area (Å²) in [5.41, 5.74) is 4.83. The summed E-state index contributed by atoms with van der Waals surface area (Å²) in [5.74, 6) is -2.18. The van der Waals surface area contributed by atoms with Crippen molar-refractivity contribution in [2.75, 3.05) is 0 Å². The van der Waals surface area contributed by atoms with Crippen molar-refractivity contribution >= 4 is 0 Å². The maximum absolute atomic E-state index is 12.7. The minimum atomic E-state index is -2.64. The number of nitrogens with two attached hydrogens (primary N) is 1. The molecule has 0 amide bonds. The summed E-state index contributed by atoms with van der Waals surface area (Å²) in [4.78, 5) is 3.94. The van der Waals surface area contributed by atoms with E-state index < -0.39 is 11.5 Å². The monoisotopic (exact) mass is 202 g/mol. The molecular formula is C8H12F2N4. The summed E-state index contributed by atoms with van der Waals surface area (Å²) in [6.07, 6.45) is 0.682. The fourth-order valence-electron chi connectivity index (χ4n) is 1.91. The van der Waals surface area contributed by atoms with Crippen LogP contribution in [-0.2, 0) is 12.1 Å². The number of alkyl halides is 2. The fourth-order valence-corrected chi connectivity index (χ4v) is 1.91. The van der Waals surface area contributed by atoms with Gasteiger partial charge in [0.25, 0.3) is 5.92 Å². The Morgan fingerprint density at radius 3 is 2.71 bits per heavy atom. The Hall–Kier alpha value is -1.04. The minimum Gasteiger partial charge on any atom is -0.318 e. The molecule has 14 heavy (non-hydrogen) atoms. The number of rotatable bonds is 2. The minimum absolute atomic E-state index is 0.335. The van der Waals surface area contributed by atoms with Crippen molar-refractivity contribution in [1.82, 2.24) is 14.8 Å². The summed E-state index contributed by atoms with van der Waals surface area (Å²) < 4.78 is 27.0. The molecule has 0 saturated heterocycles. The number of hydrogen-bond donors (Lipinski definition) is 1. The SMILES string of the molecule is CCn1ncnc1C1(N)CC(F)(F)C1. The molecule has 1 fully saturated rings. The molecule has 6 heteroatoms. The predicted molar refractivity (Wildman–Crippen MR) is 45.7 cm³/mol. The predicted octanol–water partition coefficient (Wildman–Crippen LogP) is 0.881. The van der Waals surface area contributed by atoms with Crippen LogP contribution in [0.25, 0.3) is 0 Å². The van der Waals surface area contributed by atoms with E-state index in [1.54, 1.807) is 4.68 Å². The van der Waals surface area contributed by atoms with Gasteiger partial charge in [-0.15, -0.1) is 0 Å². The van der Waals surface area contributed by atoms with Crippen LogP contribution in [0.4, 0.5) is 8.78 Å². The number of nitrogens with zero attached hydrogens (tertiary/aromatic N) is 3. The van der Waals surface area contributed by atoms with Gasteiger partial charge in [-0.05, 0) is 6.92 Å². The zero-order valence-electron chi connectivity index (χ0n) is 7.87. The van der Waals surface area contributed by atoms with E-state index in [-0.39, 0.29) is 12.8 Å².